The van der Waals surface area contributed by atoms with Crippen LogP contribution in [0.25, 0.3) is 10.6 Å². The third-order valence-electron chi connectivity index (χ3n) is 2.34. The van der Waals surface area contributed by atoms with E-state index in [9.17, 15) is 9.18 Å². The summed E-state index contributed by atoms with van der Waals surface area (Å²) in [6.07, 6.45) is 0. The number of aryl methyl sites for hydroxylation is 1. The summed E-state index contributed by atoms with van der Waals surface area (Å²) >= 11 is 4.65. The molecule has 0 saturated heterocycles. The molecule has 1 aromatic heterocycles. The summed E-state index contributed by atoms with van der Waals surface area (Å²) in [5.41, 5.74) is 1.05. The van der Waals surface area contributed by atoms with Gasteiger partial charge in [0, 0.05) is 14.9 Å². The number of ether oxygens (including phenoxy) is 1. The van der Waals surface area contributed by atoms with Gasteiger partial charge in [-0.2, -0.15) is 0 Å². The van der Waals surface area contributed by atoms with Crippen molar-refractivity contribution in [3.8, 4) is 10.6 Å². The van der Waals surface area contributed by atoms with Gasteiger partial charge in [0.1, 0.15) is 10.8 Å². The van der Waals surface area contributed by atoms with E-state index in [0.717, 1.165) is 10.4 Å². The Morgan fingerprint density at radius 1 is 1.50 bits per heavy atom. The Bertz CT molecular complexity index is 612. The third kappa shape index (κ3) is 2.44. The van der Waals surface area contributed by atoms with Crippen molar-refractivity contribution >= 4 is 33.2 Å². The van der Waals surface area contributed by atoms with Gasteiger partial charge < -0.3 is 4.74 Å². The molecular weight excluding hydrogens is 321 g/mol. The number of nitrogens with zero attached hydrogens (tertiary/aromatic N) is 1. The molecule has 1 heterocycles. The highest BCUT2D eigenvalue weighted by molar-refractivity contribution is 9.10. The van der Waals surface area contributed by atoms with Gasteiger partial charge in [0.2, 0.25) is 0 Å². The average molecular weight is 330 g/mol. The Hall–Kier alpha value is -1.27. The molecule has 3 nitrogen and oxygen atoms in total. The quantitative estimate of drug-likeness (QED) is 0.786. The standard InChI is InChI=1S/C12H9BrFNO2S/c1-6-10(12(16)17-2)15-11(18-6)8-4-3-7(14)5-9(8)13/h3-5H,1-2H3. The summed E-state index contributed by atoms with van der Waals surface area (Å²) in [5, 5.41) is 0.653. The van der Waals surface area contributed by atoms with Crippen molar-refractivity contribution in [2.45, 2.75) is 6.92 Å². The van der Waals surface area contributed by atoms with E-state index in [1.807, 2.05) is 0 Å². The van der Waals surface area contributed by atoms with Gasteiger partial charge in [0.15, 0.2) is 5.69 Å². The van der Waals surface area contributed by atoms with Crippen LogP contribution >= 0.6 is 27.3 Å². The van der Waals surface area contributed by atoms with Crippen molar-refractivity contribution in [2.24, 2.45) is 0 Å². The molecule has 6 heteroatoms. The minimum Gasteiger partial charge on any atom is -0.464 e. The monoisotopic (exact) mass is 329 g/mol. The zero-order chi connectivity index (χ0) is 13.3. The molecule has 2 rings (SSSR count). The summed E-state index contributed by atoms with van der Waals surface area (Å²) in [7, 11) is 1.31. The van der Waals surface area contributed by atoms with Gasteiger partial charge in [-0.1, -0.05) is 0 Å². The van der Waals surface area contributed by atoms with Crippen molar-refractivity contribution in [1.29, 1.82) is 0 Å². The Morgan fingerprint density at radius 3 is 2.83 bits per heavy atom. The Kier molecular flexibility index (Phi) is 3.77. The number of carbonyl (C=O) groups excluding carboxylic acids is 1. The summed E-state index contributed by atoms with van der Waals surface area (Å²) in [5.74, 6) is -0.791. The van der Waals surface area contributed by atoms with Gasteiger partial charge in [-0.05, 0) is 41.1 Å². The Labute approximate surface area is 116 Å². The van der Waals surface area contributed by atoms with Gasteiger partial charge in [0.05, 0.1) is 7.11 Å². The maximum atomic E-state index is 13.0. The first kappa shape index (κ1) is 13.2. The first-order chi connectivity index (χ1) is 8.52. The van der Waals surface area contributed by atoms with Crippen LogP contribution in [0.5, 0.6) is 0 Å². The second-order valence-electron chi connectivity index (χ2n) is 3.54. The number of benzene rings is 1. The molecule has 0 aliphatic carbocycles. The molecule has 0 unspecified atom stereocenters. The maximum Gasteiger partial charge on any atom is 0.357 e. The van der Waals surface area contributed by atoms with E-state index in [-0.39, 0.29) is 5.82 Å². The van der Waals surface area contributed by atoms with E-state index in [1.54, 1.807) is 13.0 Å². The SMILES string of the molecule is COC(=O)c1nc(-c2ccc(F)cc2Br)sc1C. The summed E-state index contributed by atoms with van der Waals surface area (Å²) < 4.78 is 18.3. The van der Waals surface area contributed by atoms with Crippen LogP contribution in [0, 0.1) is 12.7 Å². The van der Waals surface area contributed by atoms with Crippen molar-refractivity contribution in [2.75, 3.05) is 7.11 Å². The number of rotatable bonds is 2. The highest BCUT2D eigenvalue weighted by Gasteiger charge is 2.17. The number of carbonyl (C=O) groups is 1. The maximum absolute atomic E-state index is 13.0. The van der Waals surface area contributed by atoms with Gasteiger partial charge in [-0.25, -0.2) is 14.2 Å². The first-order valence-corrected chi connectivity index (χ1v) is 6.65. The number of esters is 1. The van der Waals surface area contributed by atoms with Crippen molar-refractivity contribution in [1.82, 2.24) is 4.98 Å². The lowest BCUT2D eigenvalue weighted by atomic mass is 10.2. The minimum atomic E-state index is -0.465. The molecule has 0 amide bonds. The van der Waals surface area contributed by atoms with Gasteiger partial charge in [-0.15, -0.1) is 11.3 Å². The zero-order valence-corrected chi connectivity index (χ0v) is 12.1. The van der Waals surface area contributed by atoms with Crippen molar-refractivity contribution in [3.05, 3.63) is 39.1 Å². The molecule has 1 aromatic carbocycles. The average Bonchev–Trinajstić information content (AvgIpc) is 2.70. The highest BCUT2D eigenvalue weighted by Crippen LogP contribution is 2.33. The molecule has 2 aromatic rings. The molecule has 18 heavy (non-hydrogen) atoms. The zero-order valence-electron chi connectivity index (χ0n) is 9.66. The van der Waals surface area contributed by atoms with E-state index >= 15 is 0 Å². The molecule has 0 atom stereocenters. The third-order valence-corrected chi connectivity index (χ3v) is 4.00. The van der Waals surface area contributed by atoms with Gasteiger partial charge in [0.25, 0.3) is 0 Å². The fourth-order valence-electron chi connectivity index (χ4n) is 1.46. The van der Waals surface area contributed by atoms with Gasteiger partial charge in [-0.3, -0.25) is 0 Å². The topological polar surface area (TPSA) is 39.2 Å². The number of methoxy groups -OCH3 is 1. The molecule has 0 fully saturated rings. The van der Waals surface area contributed by atoms with E-state index in [1.165, 1.54) is 30.6 Å². The number of hydrogen-bond acceptors (Lipinski definition) is 4. The molecule has 0 aliphatic rings. The number of aromatic nitrogens is 1. The first-order valence-electron chi connectivity index (χ1n) is 5.04. The van der Waals surface area contributed by atoms with Crippen molar-refractivity contribution in [3.63, 3.8) is 0 Å². The molecule has 94 valence electrons. The van der Waals surface area contributed by atoms with Crippen LogP contribution in [0.1, 0.15) is 15.4 Å². The predicted molar refractivity (Wildman–Crippen MR) is 71.3 cm³/mol. The van der Waals surface area contributed by atoms with Crippen LogP contribution in [0.2, 0.25) is 0 Å². The van der Waals surface area contributed by atoms with Crippen LogP contribution in [0.4, 0.5) is 4.39 Å². The molecule has 0 bridgehead atoms. The number of thiazole rings is 1. The molecule has 0 aliphatic heterocycles. The number of halogens is 2. The largest absolute Gasteiger partial charge is 0.464 e. The fraction of sp³-hybridized carbons (Fsp3) is 0.167. The van der Waals surface area contributed by atoms with Gasteiger partial charge >= 0.3 is 5.97 Å². The Morgan fingerprint density at radius 2 is 2.22 bits per heavy atom. The lowest BCUT2D eigenvalue weighted by Gasteiger charge is -1.99. The van der Waals surface area contributed by atoms with E-state index in [2.05, 4.69) is 25.7 Å². The van der Waals surface area contributed by atoms with Crippen LogP contribution in [-0.2, 0) is 4.74 Å². The molecule has 0 saturated carbocycles. The van der Waals surface area contributed by atoms with Crippen molar-refractivity contribution < 1.29 is 13.9 Å². The van der Waals surface area contributed by atoms with Crippen LogP contribution in [0.15, 0.2) is 22.7 Å². The van der Waals surface area contributed by atoms with Crippen LogP contribution < -0.4 is 0 Å². The lowest BCUT2D eigenvalue weighted by molar-refractivity contribution is 0.0594. The summed E-state index contributed by atoms with van der Waals surface area (Å²) in [6.45, 7) is 1.80. The normalized spacial score (nSPS) is 10.4. The second kappa shape index (κ2) is 5.16. The highest BCUT2D eigenvalue weighted by atomic mass is 79.9. The molecule has 0 spiro atoms. The van der Waals surface area contributed by atoms with E-state index in [4.69, 9.17) is 0 Å². The van der Waals surface area contributed by atoms with E-state index in [0.29, 0.717) is 15.2 Å². The summed E-state index contributed by atoms with van der Waals surface area (Å²) in [6, 6.07) is 4.34. The van der Waals surface area contributed by atoms with Crippen LogP contribution in [-0.4, -0.2) is 18.1 Å². The predicted octanol–water partition coefficient (Wildman–Crippen LogP) is 3.81. The number of hydrogen-bond donors (Lipinski definition) is 0. The molecule has 0 N–H and O–H groups in total. The fourth-order valence-corrected chi connectivity index (χ4v) is 3.07. The summed E-state index contributed by atoms with van der Waals surface area (Å²) in [4.78, 5) is 16.5. The van der Waals surface area contributed by atoms with Crippen LogP contribution in [0.3, 0.4) is 0 Å². The lowest BCUT2D eigenvalue weighted by Crippen LogP contribution is -2.03. The molecular formula is C12H9BrFNO2S. The molecule has 0 radical (unpaired) electrons. The van der Waals surface area contributed by atoms with E-state index < -0.39 is 5.97 Å². The second-order valence-corrected chi connectivity index (χ2v) is 5.60. The Balaban J connectivity index is 2.49. The minimum absolute atomic E-state index is 0.300. The smallest absolute Gasteiger partial charge is 0.357 e.